The zero-order chi connectivity index (χ0) is 22.3. The second-order valence-corrected chi connectivity index (χ2v) is 8.32. The second-order valence-electron chi connectivity index (χ2n) is 8.32. The summed E-state index contributed by atoms with van der Waals surface area (Å²) in [6.45, 7) is 4.82. The summed E-state index contributed by atoms with van der Waals surface area (Å²) in [6.07, 6.45) is -2.64. The lowest BCUT2D eigenvalue weighted by molar-refractivity contribution is -0.178. The SMILES string of the molecule is CC(C)(C)OC(=O)NC1CC(F)(F)CCC1C(=O)ON1C(=O)c2ccccc2C1=O. The van der Waals surface area contributed by atoms with Crippen LogP contribution in [-0.4, -0.2) is 46.5 Å². The van der Waals surface area contributed by atoms with Crippen molar-refractivity contribution in [3.05, 3.63) is 35.4 Å². The molecule has 0 bridgehead atoms. The molecule has 30 heavy (non-hydrogen) atoms. The van der Waals surface area contributed by atoms with Gasteiger partial charge < -0.3 is 14.9 Å². The fourth-order valence-electron chi connectivity index (χ4n) is 3.43. The number of hydrogen-bond acceptors (Lipinski definition) is 6. The monoisotopic (exact) mass is 424 g/mol. The topological polar surface area (TPSA) is 102 Å². The standard InChI is InChI=1S/C20H22F2N2O6/c1-19(2,3)29-18(28)23-14-10-20(21,22)9-8-13(14)17(27)30-24-15(25)11-6-4-5-7-12(11)16(24)26/h4-7,13-14H,8-10H2,1-3H3,(H,23,28). The van der Waals surface area contributed by atoms with E-state index >= 15 is 0 Å². The summed E-state index contributed by atoms with van der Waals surface area (Å²) < 4.78 is 32.9. The van der Waals surface area contributed by atoms with Crippen molar-refractivity contribution in [3.8, 4) is 0 Å². The van der Waals surface area contributed by atoms with Gasteiger partial charge in [0.05, 0.1) is 23.1 Å². The number of ether oxygens (including phenoxy) is 1. The Hall–Kier alpha value is -3.04. The number of alkyl halides is 2. The summed E-state index contributed by atoms with van der Waals surface area (Å²) in [4.78, 5) is 54.5. The third kappa shape index (κ3) is 4.58. The zero-order valence-electron chi connectivity index (χ0n) is 16.7. The fourth-order valence-corrected chi connectivity index (χ4v) is 3.43. The third-order valence-corrected chi connectivity index (χ3v) is 4.77. The highest BCUT2D eigenvalue weighted by atomic mass is 19.3. The molecule has 1 heterocycles. The van der Waals surface area contributed by atoms with Crippen molar-refractivity contribution in [1.82, 2.24) is 10.4 Å². The predicted molar refractivity (Wildman–Crippen MR) is 98.5 cm³/mol. The van der Waals surface area contributed by atoms with Crippen molar-refractivity contribution < 1.29 is 37.5 Å². The maximum Gasteiger partial charge on any atom is 0.407 e. The first-order chi connectivity index (χ1) is 13.9. The normalized spacial score (nSPS) is 23.0. The number of fused-ring (bicyclic) bond motifs is 1. The summed E-state index contributed by atoms with van der Waals surface area (Å²) >= 11 is 0. The molecule has 2 unspecified atom stereocenters. The summed E-state index contributed by atoms with van der Waals surface area (Å²) in [5, 5.41) is 2.62. The Balaban J connectivity index is 1.74. The van der Waals surface area contributed by atoms with E-state index in [4.69, 9.17) is 9.57 Å². The van der Waals surface area contributed by atoms with E-state index < -0.39 is 60.2 Å². The van der Waals surface area contributed by atoms with Crippen LogP contribution in [0.15, 0.2) is 24.3 Å². The van der Waals surface area contributed by atoms with Gasteiger partial charge in [-0.1, -0.05) is 17.2 Å². The number of alkyl carbamates (subject to hydrolysis) is 1. The molecule has 0 spiro atoms. The highest BCUT2D eigenvalue weighted by Crippen LogP contribution is 2.37. The largest absolute Gasteiger partial charge is 0.444 e. The summed E-state index contributed by atoms with van der Waals surface area (Å²) in [5.41, 5.74) is -0.708. The lowest BCUT2D eigenvalue weighted by atomic mass is 9.82. The molecule has 1 aliphatic carbocycles. The second kappa shape index (κ2) is 7.66. The number of carbonyl (C=O) groups is 4. The Labute approximate surface area is 171 Å². The van der Waals surface area contributed by atoms with Crippen LogP contribution in [0.5, 0.6) is 0 Å². The van der Waals surface area contributed by atoms with E-state index in [1.54, 1.807) is 32.9 Å². The summed E-state index contributed by atoms with van der Waals surface area (Å²) in [7, 11) is 0. The quantitative estimate of drug-likeness (QED) is 0.749. The van der Waals surface area contributed by atoms with Gasteiger partial charge in [-0.2, -0.15) is 0 Å². The summed E-state index contributed by atoms with van der Waals surface area (Å²) in [6, 6.07) is 4.65. The molecule has 1 aliphatic heterocycles. The van der Waals surface area contributed by atoms with Crippen LogP contribution in [0, 0.1) is 5.92 Å². The van der Waals surface area contributed by atoms with Crippen LogP contribution >= 0.6 is 0 Å². The van der Waals surface area contributed by atoms with Crippen molar-refractivity contribution in [2.24, 2.45) is 5.92 Å². The minimum atomic E-state index is -3.09. The molecule has 1 saturated carbocycles. The molecule has 1 aromatic rings. The van der Waals surface area contributed by atoms with Crippen molar-refractivity contribution >= 4 is 23.9 Å². The average molecular weight is 424 g/mol. The first-order valence-corrected chi connectivity index (χ1v) is 9.45. The molecule has 3 rings (SSSR count). The van der Waals surface area contributed by atoms with Crippen LogP contribution in [0.1, 0.15) is 60.7 Å². The van der Waals surface area contributed by atoms with Gasteiger partial charge in [-0.25, -0.2) is 18.4 Å². The Kier molecular flexibility index (Phi) is 5.53. The molecule has 10 heteroatoms. The molecular formula is C20H22F2N2O6. The predicted octanol–water partition coefficient (Wildman–Crippen LogP) is 3.07. The minimum absolute atomic E-state index is 0.0777. The van der Waals surface area contributed by atoms with Crippen molar-refractivity contribution in [3.63, 3.8) is 0 Å². The third-order valence-electron chi connectivity index (χ3n) is 4.77. The van der Waals surface area contributed by atoms with Gasteiger partial charge in [0.2, 0.25) is 5.92 Å². The lowest BCUT2D eigenvalue weighted by Crippen LogP contribution is -2.52. The molecule has 0 radical (unpaired) electrons. The molecule has 2 atom stereocenters. The maximum atomic E-state index is 13.9. The number of amides is 3. The van der Waals surface area contributed by atoms with Gasteiger partial charge in [-0.3, -0.25) is 9.59 Å². The van der Waals surface area contributed by atoms with Crippen LogP contribution in [0.3, 0.4) is 0 Å². The van der Waals surface area contributed by atoms with E-state index in [0.717, 1.165) is 0 Å². The van der Waals surface area contributed by atoms with Gasteiger partial charge in [0.25, 0.3) is 11.8 Å². The van der Waals surface area contributed by atoms with Crippen LogP contribution < -0.4 is 5.32 Å². The number of hydrogen-bond donors (Lipinski definition) is 1. The minimum Gasteiger partial charge on any atom is -0.444 e. The van der Waals surface area contributed by atoms with E-state index in [1.807, 2.05) is 0 Å². The molecular weight excluding hydrogens is 402 g/mol. The Morgan fingerprint density at radius 2 is 1.70 bits per heavy atom. The number of carbonyl (C=O) groups excluding carboxylic acids is 4. The van der Waals surface area contributed by atoms with Gasteiger partial charge in [-0.15, -0.1) is 0 Å². The summed E-state index contributed by atoms with van der Waals surface area (Å²) in [5.74, 6) is -6.96. The van der Waals surface area contributed by atoms with E-state index in [9.17, 15) is 28.0 Å². The Morgan fingerprint density at radius 1 is 1.13 bits per heavy atom. The molecule has 162 valence electrons. The fraction of sp³-hybridized carbons (Fsp3) is 0.500. The van der Waals surface area contributed by atoms with E-state index in [-0.39, 0.29) is 17.5 Å². The lowest BCUT2D eigenvalue weighted by Gasteiger charge is -2.35. The number of halogens is 2. The zero-order valence-corrected chi connectivity index (χ0v) is 16.7. The number of rotatable bonds is 3. The Morgan fingerprint density at radius 3 is 2.23 bits per heavy atom. The van der Waals surface area contributed by atoms with Crippen LogP contribution in [0.25, 0.3) is 0 Å². The van der Waals surface area contributed by atoms with Gasteiger partial charge in [0, 0.05) is 12.8 Å². The highest BCUT2D eigenvalue weighted by Gasteiger charge is 2.48. The molecule has 1 fully saturated rings. The molecule has 0 saturated heterocycles. The number of hydroxylamine groups is 2. The number of imide groups is 1. The first-order valence-electron chi connectivity index (χ1n) is 9.45. The Bertz CT molecular complexity index is 861. The van der Waals surface area contributed by atoms with Gasteiger partial charge in [0.1, 0.15) is 5.60 Å². The highest BCUT2D eigenvalue weighted by molar-refractivity contribution is 6.20. The molecule has 1 N–H and O–H groups in total. The molecule has 8 nitrogen and oxygen atoms in total. The van der Waals surface area contributed by atoms with Gasteiger partial charge in [0.15, 0.2) is 0 Å². The number of benzene rings is 1. The van der Waals surface area contributed by atoms with Crippen molar-refractivity contribution in [2.45, 2.75) is 57.6 Å². The first kappa shape index (κ1) is 21.7. The van der Waals surface area contributed by atoms with Crippen molar-refractivity contribution in [1.29, 1.82) is 0 Å². The van der Waals surface area contributed by atoms with E-state index in [2.05, 4.69) is 5.32 Å². The smallest absolute Gasteiger partial charge is 0.407 e. The van der Waals surface area contributed by atoms with E-state index in [1.165, 1.54) is 12.1 Å². The number of nitrogens with zero attached hydrogens (tertiary/aromatic N) is 1. The molecule has 0 aromatic heterocycles. The van der Waals surface area contributed by atoms with Crippen LogP contribution in [0.4, 0.5) is 13.6 Å². The van der Waals surface area contributed by atoms with E-state index in [0.29, 0.717) is 5.06 Å². The number of nitrogens with one attached hydrogen (secondary N) is 1. The maximum absolute atomic E-state index is 13.9. The van der Waals surface area contributed by atoms with Gasteiger partial charge >= 0.3 is 12.1 Å². The molecule has 3 amide bonds. The average Bonchev–Trinajstić information content (AvgIpc) is 2.85. The van der Waals surface area contributed by atoms with Crippen LogP contribution in [0.2, 0.25) is 0 Å². The van der Waals surface area contributed by atoms with Crippen molar-refractivity contribution in [2.75, 3.05) is 0 Å². The molecule has 1 aromatic carbocycles. The molecule has 2 aliphatic rings. The van der Waals surface area contributed by atoms with Crippen LogP contribution in [-0.2, 0) is 14.4 Å². The van der Waals surface area contributed by atoms with Gasteiger partial charge in [-0.05, 0) is 39.3 Å².